The van der Waals surface area contributed by atoms with E-state index in [9.17, 15) is 4.79 Å². The molecular formula is C25H18N2O2. The normalized spacial score (nSPS) is 11.0. The molecule has 0 spiro atoms. The van der Waals surface area contributed by atoms with Crippen molar-refractivity contribution in [1.82, 2.24) is 9.71 Å². The van der Waals surface area contributed by atoms with Crippen LogP contribution in [0.15, 0.2) is 102 Å². The van der Waals surface area contributed by atoms with Crippen molar-refractivity contribution in [3.8, 4) is 11.4 Å². The Balaban J connectivity index is 1.72. The molecule has 1 aromatic heterocycles. The van der Waals surface area contributed by atoms with E-state index in [-0.39, 0.29) is 12.2 Å². The van der Waals surface area contributed by atoms with Crippen molar-refractivity contribution >= 4 is 21.7 Å². The second-order valence-electron chi connectivity index (χ2n) is 6.88. The molecular weight excluding hydrogens is 360 g/mol. The molecule has 4 nitrogen and oxygen atoms in total. The summed E-state index contributed by atoms with van der Waals surface area (Å²) in [6.45, 7) is 0.279. The van der Waals surface area contributed by atoms with E-state index in [0.29, 0.717) is 16.7 Å². The first kappa shape index (κ1) is 17.2. The zero-order valence-corrected chi connectivity index (χ0v) is 15.7. The molecule has 0 atom stereocenters. The van der Waals surface area contributed by atoms with Gasteiger partial charge in [0.05, 0.1) is 10.9 Å². The molecule has 0 aliphatic rings. The standard InChI is InChI=1S/C25H18N2O2/c28-25-22-15-20-13-7-8-14-21(20)16-23(22)26-24(19-11-5-2-6-12-19)27(25)29-17-18-9-3-1-4-10-18/h1-16H,17H2. The lowest BCUT2D eigenvalue weighted by atomic mass is 10.1. The Labute approximate surface area is 167 Å². The Kier molecular flexibility index (Phi) is 4.30. The summed E-state index contributed by atoms with van der Waals surface area (Å²) in [6, 6.07) is 31.2. The lowest BCUT2D eigenvalue weighted by molar-refractivity contribution is 0.0921. The van der Waals surface area contributed by atoms with Crippen LogP contribution in [0, 0.1) is 0 Å². The minimum Gasteiger partial charge on any atom is -0.404 e. The van der Waals surface area contributed by atoms with Crippen LogP contribution < -0.4 is 10.4 Å². The number of rotatable bonds is 4. The highest BCUT2D eigenvalue weighted by atomic mass is 16.7. The summed E-state index contributed by atoms with van der Waals surface area (Å²) in [5.74, 6) is 0.495. The number of benzene rings is 4. The maximum absolute atomic E-state index is 13.4. The molecule has 29 heavy (non-hydrogen) atoms. The van der Waals surface area contributed by atoms with Gasteiger partial charge in [-0.25, -0.2) is 4.98 Å². The molecule has 5 aromatic rings. The zero-order valence-electron chi connectivity index (χ0n) is 15.7. The molecule has 0 bridgehead atoms. The molecule has 1 heterocycles. The van der Waals surface area contributed by atoms with Crippen molar-refractivity contribution in [3.63, 3.8) is 0 Å². The summed E-state index contributed by atoms with van der Waals surface area (Å²) < 4.78 is 1.32. The fraction of sp³-hybridized carbons (Fsp3) is 0.0400. The smallest absolute Gasteiger partial charge is 0.294 e. The van der Waals surface area contributed by atoms with Crippen LogP contribution in [0.3, 0.4) is 0 Å². The molecule has 0 saturated heterocycles. The molecule has 0 fully saturated rings. The number of hydrogen-bond acceptors (Lipinski definition) is 3. The minimum atomic E-state index is -0.212. The first-order valence-corrected chi connectivity index (χ1v) is 9.48. The third-order valence-corrected chi connectivity index (χ3v) is 4.93. The van der Waals surface area contributed by atoms with Gasteiger partial charge in [-0.15, -0.1) is 4.73 Å². The lowest BCUT2D eigenvalue weighted by Gasteiger charge is -2.15. The van der Waals surface area contributed by atoms with Gasteiger partial charge in [-0.2, -0.15) is 0 Å². The van der Waals surface area contributed by atoms with Gasteiger partial charge in [0.1, 0.15) is 6.61 Å². The summed E-state index contributed by atoms with van der Waals surface area (Å²) in [6.07, 6.45) is 0. The summed E-state index contributed by atoms with van der Waals surface area (Å²) >= 11 is 0. The van der Waals surface area contributed by atoms with Crippen molar-refractivity contribution in [3.05, 3.63) is 113 Å². The number of hydrogen-bond donors (Lipinski definition) is 0. The second-order valence-corrected chi connectivity index (χ2v) is 6.88. The number of aromatic nitrogens is 2. The van der Waals surface area contributed by atoms with Crippen LogP contribution in [0.5, 0.6) is 0 Å². The van der Waals surface area contributed by atoms with Gasteiger partial charge in [-0.1, -0.05) is 84.9 Å². The van der Waals surface area contributed by atoms with E-state index in [4.69, 9.17) is 9.82 Å². The van der Waals surface area contributed by atoms with Gasteiger partial charge >= 0.3 is 0 Å². The Hall–Kier alpha value is -3.92. The second kappa shape index (κ2) is 7.24. The van der Waals surface area contributed by atoms with Crippen molar-refractivity contribution in [2.45, 2.75) is 6.61 Å². The Morgan fingerprint density at radius 2 is 1.38 bits per heavy atom. The van der Waals surface area contributed by atoms with Crippen LogP contribution in [0.25, 0.3) is 33.1 Å². The van der Waals surface area contributed by atoms with E-state index in [1.807, 2.05) is 97.1 Å². The first-order valence-electron chi connectivity index (χ1n) is 9.48. The monoisotopic (exact) mass is 378 g/mol. The molecule has 0 radical (unpaired) electrons. The Bertz CT molecular complexity index is 1360. The van der Waals surface area contributed by atoms with Crippen LogP contribution in [-0.4, -0.2) is 9.71 Å². The average molecular weight is 378 g/mol. The van der Waals surface area contributed by atoms with Crippen LogP contribution >= 0.6 is 0 Å². The topological polar surface area (TPSA) is 44.1 Å². The molecule has 0 amide bonds. The van der Waals surface area contributed by atoms with Gasteiger partial charge in [0, 0.05) is 5.56 Å². The van der Waals surface area contributed by atoms with E-state index in [2.05, 4.69) is 0 Å². The number of nitrogens with zero attached hydrogens (tertiary/aromatic N) is 2. The molecule has 0 saturated carbocycles. The molecule has 0 aliphatic heterocycles. The predicted molar refractivity (Wildman–Crippen MR) is 116 cm³/mol. The summed E-state index contributed by atoms with van der Waals surface area (Å²) in [5, 5.41) is 2.59. The summed E-state index contributed by atoms with van der Waals surface area (Å²) in [5.41, 5.74) is 2.26. The van der Waals surface area contributed by atoms with Gasteiger partial charge in [0.15, 0.2) is 5.82 Å². The third-order valence-electron chi connectivity index (χ3n) is 4.93. The van der Waals surface area contributed by atoms with E-state index >= 15 is 0 Å². The summed E-state index contributed by atoms with van der Waals surface area (Å²) in [4.78, 5) is 24.2. The zero-order chi connectivity index (χ0) is 19.6. The van der Waals surface area contributed by atoms with Gasteiger partial charge in [0.2, 0.25) is 0 Å². The van der Waals surface area contributed by atoms with E-state index in [0.717, 1.165) is 21.9 Å². The van der Waals surface area contributed by atoms with E-state index in [1.54, 1.807) is 0 Å². The Morgan fingerprint density at radius 3 is 2.10 bits per heavy atom. The van der Waals surface area contributed by atoms with Crippen LogP contribution in [-0.2, 0) is 6.61 Å². The first-order chi connectivity index (χ1) is 14.3. The third kappa shape index (κ3) is 3.25. The van der Waals surface area contributed by atoms with Crippen molar-refractivity contribution in [2.75, 3.05) is 0 Å². The molecule has 4 aromatic carbocycles. The highest BCUT2D eigenvalue weighted by Crippen LogP contribution is 2.23. The van der Waals surface area contributed by atoms with Gasteiger partial charge in [-0.05, 0) is 28.5 Å². The molecule has 140 valence electrons. The van der Waals surface area contributed by atoms with E-state index < -0.39 is 0 Å². The van der Waals surface area contributed by atoms with Crippen LogP contribution in [0.4, 0.5) is 0 Å². The molecule has 4 heteroatoms. The average Bonchev–Trinajstić information content (AvgIpc) is 2.78. The number of fused-ring (bicyclic) bond motifs is 2. The molecule has 5 rings (SSSR count). The van der Waals surface area contributed by atoms with Crippen LogP contribution in [0.1, 0.15) is 5.56 Å². The summed E-state index contributed by atoms with van der Waals surface area (Å²) in [7, 11) is 0. The maximum atomic E-state index is 13.4. The van der Waals surface area contributed by atoms with E-state index in [1.165, 1.54) is 4.73 Å². The largest absolute Gasteiger partial charge is 0.404 e. The van der Waals surface area contributed by atoms with Crippen molar-refractivity contribution in [2.24, 2.45) is 0 Å². The fourth-order valence-corrected chi connectivity index (χ4v) is 3.46. The van der Waals surface area contributed by atoms with Gasteiger partial charge < -0.3 is 4.84 Å². The fourth-order valence-electron chi connectivity index (χ4n) is 3.46. The quantitative estimate of drug-likeness (QED) is 0.420. The SMILES string of the molecule is O=c1c2cc3ccccc3cc2nc(-c2ccccc2)n1OCc1ccccc1. The predicted octanol–water partition coefficient (Wildman–Crippen LogP) is 4.85. The van der Waals surface area contributed by atoms with Gasteiger partial charge in [0.25, 0.3) is 5.56 Å². The minimum absolute atomic E-state index is 0.212. The highest BCUT2D eigenvalue weighted by molar-refractivity contribution is 5.96. The van der Waals surface area contributed by atoms with Crippen LogP contribution in [0.2, 0.25) is 0 Å². The molecule has 0 N–H and O–H groups in total. The maximum Gasteiger partial charge on any atom is 0.294 e. The highest BCUT2D eigenvalue weighted by Gasteiger charge is 2.15. The Morgan fingerprint density at radius 1 is 0.759 bits per heavy atom. The molecule has 0 aliphatic carbocycles. The van der Waals surface area contributed by atoms with Crippen molar-refractivity contribution < 1.29 is 4.84 Å². The lowest BCUT2D eigenvalue weighted by Crippen LogP contribution is -2.29. The molecule has 0 unspecified atom stereocenters. The van der Waals surface area contributed by atoms with Crippen molar-refractivity contribution in [1.29, 1.82) is 0 Å². The van der Waals surface area contributed by atoms with Gasteiger partial charge in [-0.3, -0.25) is 4.79 Å².